The van der Waals surface area contributed by atoms with E-state index in [1.54, 1.807) is 0 Å². The molecule has 0 aliphatic carbocycles. The topological polar surface area (TPSA) is 112 Å². The van der Waals surface area contributed by atoms with Crippen LogP contribution in [0, 0.1) is 13.8 Å². The summed E-state index contributed by atoms with van der Waals surface area (Å²) >= 11 is 0. The zero-order chi connectivity index (χ0) is 25.7. The van der Waals surface area contributed by atoms with Crippen molar-refractivity contribution in [2.45, 2.75) is 19.4 Å². The fourth-order valence-electron chi connectivity index (χ4n) is 4.09. The standard InChI is InChI=1S/C26H20N2.C4H11NO3/c1-17-15-23(19-9-5-3-6-10-19)21-13-14-22-24(20-11-7-4-8-12-20)16-18(2)28-26(22)25(21)27-17;5-4(1-6,2-7)3-8/h3-16H,1-2H3;6-8H,1-3,5H2. The third kappa shape index (κ3) is 5.27. The minimum Gasteiger partial charge on any atom is -0.394 e. The van der Waals surface area contributed by atoms with Crippen molar-refractivity contribution in [1.29, 1.82) is 0 Å². The lowest BCUT2D eigenvalue weighted by molar-refractivity contribution is 0.0698. The Morgan fingerprint density at radius 1 is 0.611 bits per heavy atom. The molecule has 0 aliphatic rings. The van der Waals surface area contributed by atoms with Gasteiger partial charge in [0.25, 0.3) is 0 Å². The van der Waals surface area contributed by atoms with Crippen LogP contribution in [0.5, 0.6) is 0 Å². The van der Waals surface area contributed by atoms with E-state index in [0.717, 1.165) is 33.2 Å². The summed E-state index contributed by atoms with van der Waals surface area (Å²) in [5.41, 5.74) is 12.7. The van der Waals surface area contributed by atoms with Crippen LogP contribution in [0.25, 0.3) is 44.1 Å². The average Bonchev–Trinajstić information content (AvgIpc) is 2.93. The van der Waals surface area contributed by atoms with Crippen LogP contribution in [0.1, 0.15) is 11.4 Å². The van der Waals surface area contributed by atoms with Gasteiger partial charge in [-0.05, 0) is 48.2 Å². The molecular formula is C30H31N3O3. The van der Waals surface area contributed by atoms with Gasteiger partial charge < -0.3 is 21.1 Å². The van der Waals surface area contributed by atoms with Crippen LogP contribution in [0.2, 0.25) is 0 Å². The van der Waals surface area contributed by atoms with Gasteiger partial charge in [-0.15, -0.1) is 0 Å². The first-order valence-corrected chi connectivity index (χ1v) is 11.8. The molecule has 0 saturated carbocycles. The van der Waals surface area contributed by atoms with E-state index in [4.69, 9.17) is 31.0 Å². The van der Waals surface area contributed by atoms with Crippen molar-refractivity contribution in [3.8, 4) is 22.3 Å². The van der Waals surface area contributed by atoms with Crippen LogP contribution in [0.4, 0.5) is 0 Å². The summed E-state index contributed by atoms with van der Waals surface area (Å²) in [5, 5.41) is 27.3. The number of aliphatic hydroxyl groups is 3. The number of hydrogen-bond acceptors (Lipinski definition) is 6. The van der Waals surface area contributed by atoms with Crippen LogP contribution in [0.15, 0.2) is 84.9 Å². The summed E-state index contributed by atoms with van der Waals surface area (Å²) in [7, 11) is 0. The first-order valence-electron chi connectivity index (χ1n) is 11.8. The molecule has 5 aromatic rings. The van der Waals surface area contributed by atoms with E-state index < -0.39 is 25.4 Å². The number of aromatic nitrogens is 2. The van der Waals surface area contributed by atoms with Crippen LogP contribution >= 0.6 is 0 Å². The number of aryl methyl sites for hydroxylation is 2. The van der Waals surface area contributed by atoms with Gasteiger partial charge in [0.1, 0.15) is 0 Å². The molecule has 0 fully saturated rings. The fourth-order valence-corrected chi connectivity index (χ4v) is 4.09. The van der Waals surface area contributed by atoms with Crippen molar-refractivity contribution >= 4 is 21.8 Å². The minimum absolute atomic E-state index is 0.403. The average molecular weight is 482 g/mol. The highest BCUT2D eigenvalue weighted by Gasteiger charge is 2.20. The Balaban J connectivity index is 0.000000331. The number of pyridine rings is 2. The van der Waals surface area contributed by atoms with Gasteiger partial charge in [0, 0.05) is 22.2 Å². The molecule has 0 radical (unpaired) electrons. The van der Waals surface area contributed by atoms with Crippen LogP contribution in [-0.2, 0) is 0 Å². The summed E-state index contributed by atoms with van der Waals surface area (Å²) in [6, 6.07) is 29.7. The molecule has 36 heavy (non-hydrogen) atoms. The van der Waals surface area contributed by atoms with E-state index in [0.29, 0.717) is 0 Å². The number of fused-ring (bicyclic) bond motifs is 3. The van der Waals surface area contributed by atoms with Gasteiger partial charge >= 0.3 is 0 Å². The second-order valence-electron chi connectivity index (χ2n) is 9.05. The molecule has 0 unspecified atom stereocenters. The summed E-state index contributed by atoms with van der Waals surface area (Å²) in [5.74, 6) is 0. The van der Waals surface area contributed by atoms with Gasteiger partial charge in [0.05, 0.1) is 36.4 Å². The molecule has 3 aromatic carbocycles. The maximum atomic E-state index is 8.34. The lowest BCUT2D eigenvalue weighted by atomic mass is 9.95. The predicted molar refractivity (Wildman–Crippen MR) is 146 cm³/mol. The second kappa shape index (κ2) is 10.9. The predicted octanol–water partition coefficient (Wildman–Crippen LogP) is 4.39. The summed E-state index contributed by atoms with van der Waals surface area (Å²) in [6.45, 7) is 2.90. The molecule has 0 atom stereocenters. The highest BCUT2D eigenvalue weighted by Crippen LogP contribution is 2.36. The Labute approximate surface area is 210 Å². The maximum absolute atomic E-state index is 8.34. The number of hydrogen-bond donors (Lipinski definition) is 4. The lowest BCUT2D eigenvalue weighted by Crippen LogP contribution is -2.50. The van der Waals surface area contributed by atoms with Gasteiger partial charge in [-0.1, -0.05) is 72.8 Å². The molecule has 6 heteroatoms. The third-order valence-corrected chi connectivity index (χ3v) is 6.13. The minimum atomic E-state index is -1.21. The van der Waals surface area contributed by atoms with Crippen molar-refractivity contribution in [1.82, 2.24) is 9.97 Å². The highest BCUT2D eigenvalue weighted by atomic mass is 16.3. The molecule has 5 N–H and O–H groups in total. The number of aliphatic hydroxyl groups excluding tert-OH is 3. The SMILES string of the molecule is Cc1cc(-c2ccccc2)c2ccc3c(-c4ccccc4)cc(C)nc3c2n1.NC(CO)(CO)CO. The first-order chi connectivity index (χ1) is 17.4. The molecule has 0 bridgehead atoms. The Morgan fingerprint density at radius 2 is 0.972 bits per heavy atom. The van der Waals surface area contributed by atoms with Crippen LogP contribution in [-0.4, -0.2) is 50.6 Å². The molecule has 0 amide bonds. The van der Waals surface area contributed by atoms with Gasteiger partial charge in [-0.25, -0.2) is 0 Å². The summed E-state index contributed by atoms with van der Waals surface area (Å²) in [4.78, 5) is 9.81. The van der Waals surface area contributed by atoms with Gasteiger partial charge in [0.15, 0.2) is 0 Å². The largest absolute Gasteiger partial charge is 0.394 e. The monoisotopic (exact) mass is 481 g/mol. The van der Waals surface area contributed by atoms with Crippen molar-refractivity contribution in [2.75, 3.05) is 19.8 Å². The second-order valence-corrected chi connectivity index (χ2v) is 9.05. The van der Waals surface area contributed by atoms with Crippen molar-refractivity contribution in [2.24, 2.45) is 5.73 Å². The van der Waals surface area contributed by atoms with E-state index in [9.17, 15) is 0 Å². The van der Waals surface area contributed by atoms with Crippen molar-refractivity contribution in [3.05, 3.63) is 96.3 Å². The number of rotatable bonds is 5. The zero-order valence-electron chi connectivity index (χ0n) is 20.5. The number of benzene rings is 3. The summed E-state index contributed by atoms with van der Waals surface area (Å²) < 4.78 is 0. The van der Waals surface area contributed by atoms with Gasteiger partial charge in [-0.2, -0.15) is 0 Å². The van der Waals surface area contributed by atoms with Gasteiger partial charge in [0.2, 0.25) is 0 Å². The molecule has 5 rings (SSSR count). The normalized spacial score (nSPS) is 11.4. The molecule has 0 aliphatic heterocycles. The molecule has 6 nitrogen and oxygen atoms in total. The van der Waals surface area contributed by atoms with E-state index in [1.165, 1.54) is 22.3 Å². The van der Waals surface area contributed by atoms with Gasteiger partial charge in [-0.3, -0.25) is 9.97 Å². The van der Waals surface area contributed by atoms with E-state index >= 15 is 0 Å². The molecule has 184 valence electrons. The molecule has 0 saturated heterocycles. The third-order valence-electron chi connectivity index (χ3n) is 6.13. The zero-order valence-corrected chi connectivity index (χ0v) is 20.5. The Kier molecular flexibility index (Phi) is 7.72. The fraction of sp³-hybridized carbons (Fsp3) is 0.200. The summed E-state index contributed by atoms with van der Waals surface area (Å²) in [6.07, 6.45) is 0. The smallest absolute Gasteiger partial charge is 0.0974 e. The van der Waals surface area contributed by atoms with Crippen molar-refractivity contribution < 1.29 is 15.3 Å². The molecule has 2 aromatic heterocycles. The lowest BCUT2D eigenvalue weighted by Gasteiger charge is -2.20. The van der Waals surface area contributed by atoms with E-state index in [-0.39, 0.29) is 0 Å². The quantitative estimate of drug-likeness (QED) is 0.277. The molecule has 0 spiro atoms. The molecular weight excluding hydrogens is 450 g/mol. The Bertz CT molecular complexity index is 1360. The van der Waals surface area contributed by atoms with Crippen molar-refractivity contribution in [3.63, 3.8) is 0 Å². The highest BCUT2D eigenvalue weighted by molar-refractivity contribution is 6.12. The first kappa shape index (κ1) is 25.4. The Morgan fingerprint density at radius 3 is 1.28 bits per heavy atom. The van der Waals surface area contributed by atoms with E-state index in [1.807, 2.05) is 12.1 Å². The van der Waals surface area contributed by atoms with Crippen LogP contribution < -0.4 is 5.73 Å². The van der Waals surface area contributed by atoms with E-state index in [2.05, 4.69) is 86.6 Å². The Hall–Kier alpha value is -3.68. The number of nitrogens with zero attached hydrogens (tertiary/aromatic N) is 2. The molecule has 2 heterocycles. The maximum Gasteiger partial charge on any atom is 0.0974 e. The van der Waals surface area contributed by atoms with Crippen LogP contribution in [0.3, 0.4) is 0 Å². The number of nitrogens with two attached hydrogens (primary N) is 1.